The molecule has 4 rings (SSSR count). The van der Waals surface area contributed by atoms with Crippen LogP contribution in [0.1, 0.15) is 5.69 Å². The zero-order valence-corrected chi connectivity index (χ0v) is 22.7. The van der Waals surface area contributed by atoms with Gasteiger partial charge >= 0.3 is 11.9 Å². The highest BCUT2D eigenvalue weighted by atomic mass is 35.5. The number of β-lactam (4-membered cyclic amide) rings is 1. The van der Waals surface area contributed by atoms with Crippen molar-refractivity contribution in [1.29, 1.82) is 0 Å². The van der Waals surface area contributed by atoms with Crippen LogP contribution in [-0.2, 0) is 30.6 Å². The third-order valence-electron chi connectivity index (χ3n) is 5.09. The minimum atomic E-state index is -1.33. The zero-order chi connectivity index (χ0) is 28.3. The van der Waals surface area contributed by atoms with Gasteiger partial charge in [-0.05, 0) is 16.0 Å². The Morgan fingerprint density at radius 3 is 2.79 bits per heavy atom. The molecule has 1 unspecified atom stereocenters. The lowest BCUT2D eigenvalue weighted by molar-refractivity contribution is -0.150. The minimum absolute atomic E-state index is 0.0150. The quantitative estimate of drug-likeness (QED) is 0.0610. The van der Waals surface area contributed by atoms with Gasteiger partial charge in [-0.15, -0.1) is 16.9 Å². The highest BCUT2D eigenvalue weighted by Gasteiger charge is 2.54. The van der Waals surface area contributed by atoms with Crippen LogP contribution in [0.3, 0.4) is 0 Å². The number of carbonyl (C=O) groups is 4. The van der Waals surface area contributed by atoms with E-state index in [4.69, 9.17) is 27.3 Å². The molecule has 0 spiro atoms. The molecule has 2 atom stereocenters. The van der Waals surface area contributed by atoms with Crippen LogP contribution in [0.25, 0.3) is 0 Å². The van der Waals surface area contributed by atoms with E-state index in [2.05, 4.69) is 37.6 Å². The lowest BCUT2D eigenvalue weighted by Gasteiger charge is -2.49. The molecule has 2 aliphatic heterocycles. The number of amides is 2. The van der Waals surface area contributed by atoms with Gasteiger partial charge in [0.25, 0.3) is 11.8 Å². The number of aliphatic carboxylic acids is 2. The highest BCUT2D eigenvalue weighted by molar-refractivity contribution is 8.01. The number of carboxylic acids is 2. The Bertz CT molecular complexity index is 1410. The molecule has 2 amide bonds. The van der Waals surface area contributed by atoms with Gasteiger partial charge in [-0.25, -0.2) is 14.5 Å². The molecule has 4 heterocycles. The summed E-state index contributed by atoms with van der Waals surface area (Å²) >= 11 is 9.34. The number of nitrogens with two attached hydrogens (primary N) is 1. The molecular weight excluding hydrogens is 598 g/mol. The molecule has 1 saturated heterocycles. The van der Waals surface area contributed by atoms with E-state index in [0.29, 0.717) is 5.57 Å². The number of tetrazole rings is 1. The van der Waals surface area contributed by atoms with Crippen LogP contribution in [0.15, 0.2) is 34.2 Å². The second-order valence-corrected chi connectivity index (χ2v) is 11.3. The number of nitrogens with one attached hydrogen (secondary N) is 1. The monoisotopic (exact) mass is 615 g/mol. The summed E-state index contributed by atoms with van der Waals surface area (Å²) < 4.78 is 1.15. The Hall–Kier alpha value is -3.68. The first-order chi connectivity index (χ1) is 18.6. The van der Waals surface area contributed by atoms with Gasteiger partial charge in [0.05, 0.1) is 0 Å². The van der Waals surface area contributed by atoms with Crippen molar-refractivity contribution in [2.45, 2.75) is 23.1 Å². The Morgan fingerprint density at radius 1 is 1.38 bits per heavy atom. The smallest absolute Gasteiger partial charge is 0.352 e. The van der Waals surface area contributed by atoms with E-state index in [1.54, 1.807) is 0 Å². The highest BCUT2D eigenvalue weighted by Crippen LogP contribution is 2.41. The number of aromatic nitrogens is 5. The average molecular weight is 616 g/mol. The SMILES string of the molecule is C=CCON=C(C(=O)NC1C(=O)N2C(C(=O)O)=C(CSc3nnnn3CC(=O)O)CS[C@@H]12)c1nc(N)sc1Cl. The lowest BCUT2D eigenvalue weighted by atomic mass is 10.0. The summed E-state index contributed by atoms with van der Waals surface area (Å²) in [4.78, 5) is 59.4. The molecule has 16 nitrogen and oxygen atoms in total. The Balaban J connectivity index is 1.50. The number of nitrogens with zero attached hydrogens (tertiary/aromatic N) is 7. The maximum Gasteiger partial charge on any atom is 0.352 e. The standard InChI is InChI=1S/C19H18ClN9O7S3/c1-2-3-36-25-10(9-13(20)39-18(21)23-9)14(32)22-11-15(33)29-12(17(34)35)7(5-37-16(11)29)6-38-19-24-26-27-28(19)4-8(30)31/h2,11,16H,1,3-6H2,(H2,21,23)(H,22,32)(H,30,31)(H,34,35)/t11?,16-/m0/s1. The summed E-state index contributed by atoms with van der Waals surface area (Å²) in [6.07, 6.45) is 1.41. The number of oxime groups is 1. The molecule has 20 heteroatoms. The third kappa shape index (κ3) is 6.00. The van der Waals surface area contributed by atoms with E-state index in [-0.39, 0.29) is 49.8 Å². The van der Waals surface area contributed by atoms with Gasteiger partial charge in [-0.2, -0.15) is 0 Å². The number of anilines is 1. The number of carbonyl (C=O) groups excluding carboxylic acids is 2. The first-order valence-electron chi connectivity index (χ1n) is 10.7. The summed E-state index contributed by atoms with van der Waals surface area (Å²) in [5.74, 6) is -3.64. The first kappa shape index (κ1) is 28.3. The topological polar surface area (TPSA) is 228 Å². The average Bonchev–Trinajstić information content (AvgIpc) is 3.46. The number of carboxylic acid groups (broad SMARTS) is 2. The summed E-state index contributed by atoms with van der Waals surface area (Å²) in [6.45, 7) is 3.02. The van der Waals surface area contributed by atoms with Gasteiger partial charge in [-0.1, -0.05) is 52.5 Å². The van der Waals surface area contributed by atoms with E-state index >= 15 is 0 Å². The largest absolute Gasteiger partial charge is 0.480 e. The molecular formula is C19H18ClN9O7S3. The number of nitrogen functional groups attached to an aromatic ring is 1. The zero-order valence-electron chi connectivity index (χ0n) is 19.5. The van der Waals surface area contributed by atoms with Crippen molar-refractivity contribution in [3.63, 3.8) is 0 Å². The molecule has 0 radical (unpaired) electrons. The number of hydrogen-bond acceptors (Lipinski definition) is 14. The van der Waals surface area contributed by atoms with Crippen LogP contribution in [0, 0.1) is 0 Å². The van der Waals surface area contributed by atoms with Crippen LogP contribution >= 0.6 is 46.5 Å². The van der Waals surface area contributed by atoms with Crippen molar-refractivity contribution in [2.75, 3.05) is 23.8 Å². The maximum atomic E-state index is 13.1. The number of halogens is 1. The van der Waals surface area contributed by atoms with Gasteiger partial charge in [0.15, 0.2) is 10.8 Å². The van der Waals surface area contributed by atoms with Crippen LogP contribution in [0.5, 0.6) is 0 Å². The van der Waals surface area contributed by atoms with Crippen LogP contribution < -0.4 is 11.1 Å². The normalized spacial score (nSPS) is 18.8. The van der Waals surface area contributed by atoms with Crippen molar-refractivity contribution in [2.24, 2.45) is 5.16 Å². The fourth-order valence-electron chi connectivity index (χ4n) is 3.49. The van der Waals surface area contributed by atoms with Gasteiger partial charge in [0, 0.05) is 11.5 Å². The number of thioether (sulfide) groups is 2. The van der Waals surface area contributed by atoms with E-state index in [1.165, 1.54) is 17.8 Å². The molecule has 206 valence electrons. The molecule has 2 aromatic rings. The van der Waals surface area contributed by atoms with Crippen molar-refractivity contribution < 1.29 is 34.2 Å². The first-order valence-corrected chi connectivity index (χ1v) is 13.9. The molecule has 0 bridgehead atoms. The number of rotatable bonds is 12. The van der Waals surface area contributed by atoms with Gasteiger partial charge in [0.2, 0.25) is 5.16 Å². The van der Waals surface area contributed by atoms with Crippen LogP contribution in [-0.4, -0.2) is 99.3 Å². The number of thiazole rings is 1. The molecule has 2 aromatic heterocycles. The molecule has 0 saturated carbocycles. The number of hydrogen-bond donors (Lipinski definition) is 4. The second kappa shape index (κ2) is 12.0. The molecule has 5 N–H and O–H groups in total. The molecule has 0 aliphatic carbocycles. The van der Waals surface area contributed by atoms with Gasteiger partial charge in [-0.3, -0.25) is 19.3 Å². The van der Waals surface area contributed by atoms with Gasteiger partial charge < -0.3 is 26.1 Å². The van der Waals surface area contributed by atoms with Gasteiger partial charge in [0.1, 0.15) is 40.3 Å². The molecule has 2 aliphatic rings. The Morgan fingerprint density at radius 2 is 2.15 bits per heavy atom. The number of fused-ring (bicyclic) bond motifs is 1. The fraction of sp³-hybridized carbons (Fsp3) is 0.316. The van der Waals surface area contributed by atoms with Crippen molar-refractivity contribution in [3.8, 4) is 0 Å². The van der Waals surface area contributed by atoms with Crippen molar-refractivity contribution in [3.05, 3.63) is 34.0 Å². The molecule has 39 heavy (non-hydrogen) atoms. The predicted molar refractivity (Wildman–Crippen MR) is 140 cm³/mol. The van der Waals surface area contributed by atoms with E-state index in [9.17, 15) is 24.3 Å². The maximum absolute atomic E-state index is 13.1. The van der Waals surface area contributed by atoms with Crippen molar-refractivity contribution in [1.82, 2.24) is 35.4 Å². The van der Waals surface area contributed by atoms with E-state index in [0.717, 1.165) is 32.7 Å². The Labute approximate surface area is 236 Å². The summed E-state index contributed by atoms with van der Waals surface area (Å²) in [5, 5.41) is 35.5. The Kier molecular flexibility index (Phi) is 8.73. The predicted octanol–water partition coefficient (Wildman–Crippen LogP) is -0.113. The summed E-state index contributed by atoms with van der Waals surface area (Å²) in [7, 11) is 0. The minimum Gasteiger partial charge on any atom is -0.480 e. The molecule has 1 fully saturated rings. The van der Waals surface area contributed by atoms with Crippen molar-refractivity contribution >= 4 is 81.1 Å². The lowest BCUT2D eigenvalue weighted by Crippen LogP contribution is -2.71. The molecule has 0 aromatic carbocycles. The van der Waals surface area contributed by atoms with Crippen LogP contribution in [0.4, 0.5) is 5.13 Å². The van der Waals surface area contributed by atoms with E-state index < -0.39 is 41.7 Å². The fourth-order valence-corrected chi connectivity index (χ4v) is 6.78. The summed E-state index contributed by atoms with van der Waals surface area (Å²) in [6, 6.07) is -1.06. The van der Waals surface area contributed by atoms with E-state index in [1.807, 2.05) is 0 Å². The summed E-state index contributed by atoms with van der Waals surface area (Å²) in [5.41, 5.74) is 5.51. The van der Waals surface area contributed by atoms with Crippen LogP contribution in [0.2, 0.25) is 4.34 Å². The second-order valence-electron chi connectivity index (χ2n) is 7.62. The third-order valence-corrected chi connectivity index (χ3v) is 8.55.